The zero-order valence-electron chi connectivity index (χ0n) is 13.3. The first-order valence-corrected chi connectivity index (χ1v) is 9.81. The molecule has 0 saturated heterocycles. The molecule has 0 radical (unpaired) electrons. The fraction of sp³-hybridized carbons (Fsp3) is 0.833. The van der Waals surface area contributed by atoms with Crippen LogP contribution >= 0.6 is 11.3 Å². The summed E-state index contributed by atoms with van der Waals surface area (Å²) in [7, 11) is 0. The van der Waals surface area contributed by atoms with Crippen molar-refractivity contribution in [2.45, 2.75) is 83.1 Å². The number of nitrogens with one attached hydrogen (secondary N) is 1. The Kier molecular flexibility index (Phi) is 3.61. The van der Waals surface area contributed by atoms with Crippen molar-refractivity contribution < 1.29 is 0 Å². The lowest BCUT2D eigenvalue weighted by Crippen LogP contribution is -2.47. The fourth-order valence-corrected chi connectivity index (χ4v) is 6.40. The number of hydrogen-bond acceptors (Lipinski definition) is 3. The maximum absolute atomic E-state index is 5.08. The highest BCUT2D eigenvalue weighted by Gasteiger charge is 2.46. The summed E-state index contributed by atoms with van der Waals surface area (Å²) in [4.78, 5) is 6.66. The van der Waals surface area contributed by atoms with E-state index < -0.39 is 0 Å². The van der Waals surface area contributed by atoms with Gasteiger partial charge in [0.15, 0.2) is 0 Å². The van der Waals surface area contributed by atoms with Gasteiger partial charge >= 0.3 is 0 Å². The van der Waals surface area contributed by atoms with Gasteiger partial charge in [0.1, 0.15) is 5.01 Å². The molecule has 0 unspecified atom stereocenters. The first-order valence-electron chi connectivity index (χ1n) is 8.99. The largest absolute Gasteiger partial charge is 0.306 e. The third-order valence-corrected chi connectivity index (χ3v) is 7.71. The average molecular weight is 305 g/mol. The normalized spacial score (nSPS) is 26.3. The number of nitrogens with zero attached hydrogens (tertiary/aromatic N) is 1. The van der Waals surface area contributed by atoms with Crippen LogP contribution in [0.2, 0.25) is 0 Å². The molecular weight excluding hydrogens is 276 g/mol. The Morgan fingerprint density at radius 3 is 2.43 bits per heavy atom. The van der Waals surface area contributed by atoms with Crippen LogP contribution in [0.25, 0.3) is 0 Å². The highest BCUT2D eigenvalue weighted by molar-refractivity contribution is 7.12. The van der Waals surface area contributed by atoms with Gasteiger partial charge in [-0.1, -0.05) is 19.8 Å². The van der Waals surface area contributed by atoms with Gasteiger partial charge in [-0.05, 0) is 69.7 Å². The molecular formula is C18H28N2S. The molecule has 21 heavy (non-hydrogen) atoms. The van der Waals surface area contributed by atoms with E-state index in [0.717, 1.165) is 6.54 Å². The van der Waals surface area contributed by atoms with Crippen LogP contribution in [0.15, 0.2) is 0 Å². The zero-order chi connectivity index (χ0) is 14.3. The van der Waals surface area contributed by atoms with Gasteiger partial charge in [-0.2, -0.15) is 0 Å². The summed E-state index contributed by atoms with van der Waals surface area (Å²) >= 11 is 2.02. The molecule has 3 heteroatoms. The number of fused-ring (bicyclic) bond motifs is 1. The minimum Gasteiger partial charge on any atom is -0.306 e. The monoisotopic (exact) mass is 304 g/mol. The lowest BCUT2D eigenvalue weighted by molar-refractivity contribution is 0.110. The van der Waals surface area contributed by atoms with Crippen molar-refractivity contribution in [3.8, 4) is 0 Å². The summed E-state index contributed by atoms with van der Waals surface area (Å²) in [5.74, 6) is 0. The predicted molar refractivity (Wildman–Crippen MR) is 88.9 cm³/mol. The van der Waals surface area contributed by atoms with Crippen LogP contribution < -0.4 is 5.32 Å². The molecule has 2 fully saturated rings. The van der Waals surface area contributed by atoms with Gasteiger partial charge in [0.25, 0.3) is 0 Å². The highest BCUT2D eigenvalue weighted by Crippen LogP contribution is 2.54. The Balaban J connectivity index is 1.58. The molecule has 0 aliphatic heterocycles. The van der Waals surface area contributed by atoms with Gasteiger partial charge < -0.3 is 5.32 Å². The predicted octanol–water partition coefficient (Wildman–Crippen LogP) is 4.57. The van der Waals surface area contributed by atoms with Crippen LogP contribution in [0.1, 0.15) is 80.3 Å². The number of hydrogen-bond donors (Lipinski definition) is 1. The molecule has 1 aromatic rings. The number of aromatic nitrogens is 1. The summed E-state index contributed by atoms with van der Waals surface area (Å²) in [6, 6.07) is 0. The molecule has 0 aromatic carbocycles. The Bertz CT molecular complexity index is 482. The van der Waals surface area contributed by atoms with E-state index in [9.17, 15) is 0 Å². The molecule has 1 N–H and O–H groups in total. The number of aryl methyl sites for hydroxylation is 2. The van der Waals surface area contributed by atoms with Crippen molar-refractivity contribution in [1.29, 1.82) is 0 Å². The van der Waals surface area contributed by atoms with Gasteiger partial charge in [0, 0.05) is 4.88 Å². The Morgan fingerprint density at radius 1 is 1.00 bits per heavy atom. The molecule has 116 valence electrons. The van der Waals surface area contributed by atoms with Crippen molar-refractivity contribution in [1.82, 2.24) is 10.3 Å². The molecule has 3 aliphatic carbocycles. The molecule has 1 aromatic heterocycles. The van der Waals surface area contributed by atoms with E-state index >= 15 is 0 Å². The molecule has 4 rings (SSSR count). The topological polar surface area (TPSA) is 24.9 Å². The van der Waals surface area contributed by atoms with Crippen molar-refractivity contribution in [2.75, 3.05) is 6.54 Å². The molecule has 0 amide bonds. The Morgan fingerprint density at radius 2 is 1.76 bits per heavy atom. The Hall–Kier alpha value is -0.410. The van der Waals surface area contributed by atoms with Crippen LogP contribution in [0.5, 0.6) is 0 Å². The van der Waals surface area contributed by atoms with E-state index in [1.54, 1.807) is 4.88 Å². The molecule has 2 nitrogen and oxygen atoms in total. The van der Waals surface area contributed by atoms with Crippen LogP contribution in [-0.2, 0) is 18.4 Å². The second-order valence-corrected chi connectivity index (χ2v) is 8.65. The molecule has 1 spiro atoms. The van der Waals surface area contributed by atoms with E-state index in [1.165, 1.54) is 81.3 Å². The minimum atomic E-state index is 0.206. The standard InChI is InChI=1S/C18H28N2S/c1-2-19-18(16-20-14-6-5-7-15(14)21-16)12-10-17(11-13-18)8-3-4-9-17/h19H,2-13H2,1H3. The van der Waals surface area contributed by atoms with Gasteiger partial charge in [-0.15, -0.1) is 11.3 Å². The third-order valence-electron chi connectivity index (χ3n) is 6.35. The minimum absolute atomic E-state index is 0.206. The van der Waals surface area contributed by atoms with Crippen LogP contribution in [-0.4, -0.2) is 11.5 Å². The maximum atomic E-state index is 5.08. The van der Waals surface area contributed by atoms with Gasteiger partial charge in [-0.3, -0.25) is 0 Å². The van der Waals surface area contributed by atoms with Gasteiger partial charge in [0.05, 0.1) is 11.2 Å². The maximum Gasteiger partial charge on any atom is 0.113 e. The van der Waals surface area contributed by atoms with E-state index in [1.807, 2.05) is 11.3 Å². The summed E-state index contributed by atoms with van der Waals surface area (Å²) in [6.45, 7) is 3.32. The SMILES string of the molecule is CCNC1(c2nc3c(s2)CCC3)CCC2(CCCC2)CC1. The second kappa shape index (κ2) is 5.34. The first-order chi connectivity index (χ1) is 10.3. The van der Waals surface area contributed by atoms with Crippen molar-refractivity contribution in [2.24, 2.45) is 5.41 Å². The lowest BCUT2D eigenvalue weighted by Gasteiger charge is -2.44. The molecule has 3 aliphatic rings. The number of rotatable bonds is 3. The average Bonchev–Trinajstić information content (AvgIpc) is 3.18. The van der Waals surface area contributed by atoms with Crippen molar-refractivity contribution in [3.63, 3.8) is 0 Å². The summed E-state index contributed by atoms with van der Waals surface area (Å²) in [5.41, 5.74) is 2.34. The lowest BCUT2D eigenvalue weighted by atomic mass is 9.66. The quantitative estimate of drug-likeness (QED) is 0.884. The highest BCUT2D eigenvalue weighted by atomic mass is 32.1. The van der Waals surface area contributed by atoms with E-state index in [-0.39, 0.29) is 5.54 Å². The molecule has 0 bridgehead atoms. The molecule has 2 saturated carbocycles. The van der Waals surface area contributed by atoms with Crippen molar-refractivity contribution >= 4 is 11.3 Å². The third kappa shape index (κ3) is 2.37. The van der Waals surface area contributed by atoms with E-state index in [0.29, 0.717) is 5.41 Å². The fourth-order valence-electron chi connectivity index (χ4n) is 5.03. The molecule has 1 heterocycles. The van der Waals surface area contributed by atoms with Gasteiger partial charge in [0.2, 0.25) is 0 Å². The van der Waals surface area contributed by atoms with Crippen LogP contribution in [0.3, 0.4) is 0 Å². The van der Waals surface area contributed by atoms with E-state index in [4.69, 9.17) is 4.98 Å². The second-order valence-electron chi connectivity index (χ2n) is 7.56. The number of thiazole rings is 1. The Labute approximate surface area is 132 Å². The summed E-state index contributed by atoms with van der Waals surface area (Å²) in [5, 5.41) is 5.28. The first kappa shape index (κ1) is 14.2. The van der Waals surface area contributed by atoms with Crippen molar-refractivity contribution in [3.05, 3.63) is 15.6 Å². The van der Waals surface area contributed by atoms with Crippen LogP contribution in [0, 0.1) is 5.41 Å². The summed E-state index contributed by atoms with van der Waals surface area (Å²) in [6.07, 6.45) is 15.2. The van der Waals surface area contributed by atoms with Gasteiger partial charge in [-0.25, -0.2) is 4.98 Å². The smallest absolute Gasteiger partial charge is 0.113 e. The van der Waals surface area contributed by atoms with Crippen LogP contribution in [0.4, 0.5) is 0 Å². The zero-order valence-corrected chi connectivity index (χ0v) is 14.2. The molecule has 0 atom stereocenters. The summed E-state index contributed by atoms with van der Waals surface area (Å²) < 4.78 is 0. The van der Waals surface area contributed by atoms with E-state index in [2.05, 4.69) is 12.2 Å².